The number of hydrogen-bond donors (Lipinski definition) is 2. The summed E-state index contributed by atoms with van der Waals surface area (Å²) in [6, 6.07) is 9.68. The molecule has 0 spiro atoms. The first-order chi connectivity index (χ1) is 9.97. The molecule has 0 aliphatic rings. The Balaban J connectivity index is 2.02. The van der Waals surface area contributed by atoms with Gasteiger partial charge in [-0.15, -0.1) is 0 Å². The second kappa shape index (κ2) is 6.59. The minimum Gasteiger partial charge on any atom is -0.397 e. The van der Waals surface area contributed by atoms with Crippen molar-refractivity contribution in [3.8, 4) is 0 Å². The number of amides is 1. The zero-order valence-corrected chi connectivity index (χ0v) is 12.8. The molecule has 0 atom stereocenters. The number of nitrogens with two attached hydrogens (primary N) is 1. The monoisotopic (exact) mass is 303 g/mol. The van der Waals surface area contributed by atoms with Gasteiger partial charge in [0.2, 0.25) is 0 Å². The van der Waals surface area contributed by atoms with Crippen LogP contribution in [0.1, 0.15) is 41.3 Å². The summed E-state index contributed by atoms with van der Waals surface area (Å²) in [6.07, 6.45) is 1.42. The Morgan fingerprint density at radius 3 is 2.62 bits per heavy atom. The highest BCUT2D eigenvalue weighted by Crippen LogP contribution is 2.16. The Bertz CT molecular complexity index is 638. The number of anilines is 1. The van der Waals surface area contributed by atoms with E-state index in [4.69, 9.17) is 17.3 Å². The molecule has 1 aromatic carbocycles. The SMILES string of the molecule is CC(C)c1ccc(CNC(=O)c2cc(N)cnc2Cl)cc1. The minimum atomic E-state index is -0.285. The number of nitrogens with one attached hydrogen (secondary N) is 1. The van der Waals surface area contributed by atoms with Gasteiger partial charge in [-0.25, -0.2) is 4.98 Å². The van der Waals surface area contributed by atoms with Crippen LogP contribution in [0.25, 0.3) is 0 Å². The fraction of sp³-hybridized carbons (Fsp3) is 0.250. The highest BCUT2D eigenvalue weighted by Gasteiger charge is 2.11. The lowest BCUT2D eigenvalue weighted by Crippen LogP contribution is -2.23. The molecule has 1 aromatic heterocycles. The molecule has 3 N–H and O–H groups in total. The molecule has 21 heavy (non-hydrogen) atoms. The van der Waals surface area contributed by atoms with Gasteiger partial charge in [0.1, 0.15) is 5.15 Å². The van der Waals surface area contributed by atoms with Crippen molar-refractivity contribution >= 4 is 23.2 Å². The van der Waals surface area contributed by atoms with E-state index in [2.05, 4.69) is 36.3 Å². The van der Waals surface area contributed by atoms with Crippen LogP contribution in [0.3, 0.4) is 0 Å². The summed E-state index contributed by atoms with van der Waals surface area (Å²) >= 11 is 5.90. The first kappa shape index (κ1) is 15.3. The van der Waals surface area contributed by atoms with Crippen molar-refractivity contribution in [2.45, 2.75) is 26.3 Å². The third-order valence-corrected chi connectivity index (χ3v) is 3.51. The summed E-state index contributed by atoms with van der Waals surface area (Å²) in [6.45, 7) is 4.72. The van der Waals surface area contributed by atoms with Gasteiger partial charge in [0, 0.05) is 6.54 Å². The largest absolute Gasteiger partial charge is 0.397 e. The zero-order chi connectivity index (χ0) is 15.4. The van der Waals surface area contributed by atoms with Gasteiger partial charge in [0.05, 0.1) is 17.4 Å². The van der Waals surface area contributed by atoms with Gasteiger partial charge in [-0.2, -0.15) is 0 Å². The standard InChI is InChI=1S/C16H18ClN3O/c1-10(2)12-5-3-11(4-6-12)8-20-16(21)14-7-13(18)9-19-15(14)17/h3-7,9-10H,8,18H2,1-2H3,(H,20,21). The highest BCUT2D eigenvalue weighted by molar-refractivity contribution is 6.32. The van der Waals surface area contributed by atoms with Crippen molar-refractivity contribution in [1.29, 1.82) is 0 Å². The number of nitrogens with zero attached hydrogens (tertiary/aromatic N) is 1. The second-order valence-corrected chi connectivity index (χ2v) is 5.54. The number of nitrogen functional groups attached to an aromatic ring is 1. The molecule has 0 radical (unpaired) electrons. The molecule has 0 aliphatic heterocycles. The van der Waals surface area contributed by atoms with E-state index < -0.39 is 0 Å². The normalized spacial score (nSPS) is 10.7. The van der Waals surface area contributed by atoms with Crippen molar-refractivity contribution in [2.24, 2.45) is 0 Å². The molecule has 0 saturated carbocycles. The van der Waals surface area contributed by atoms with E-state index >= 15 is 0 Å². The topological polar surface area (TPSA) is 68.0 Å². The Morgan fingerprint density at radius 1 is 1.33 bits per heavy atom. The Morgan fingerprint density at radius 2 is 2.00 bits per heavy atom. The number of carbonyl (C=O) groups is 1. The van der Waals surface area contributed by atoms with Gasteiger partial charge >= 0.3 is 0 Å². The zero-order valence-electron chi connectivity index (χ0n) is 12.1. The van der Waals surface area contributed by atoms with Crippen molar-refractivity contribution in [3.63, 3.8) is 0 Å². The van der Waals surface area contributed by atoms with Gasteiger partial charge in [-0.1, -0.05) is 49.7 Å². The van der Waals surface area contributed by atoms with Crippen molar-refractivity contribution in [1.82, 2.24) is 10.3 Å². The summed E-state index contributed by atoms with van der Waals surface area (Å²) in [7, 11) is 0. The summed E-state index contributed by atoms with van der Waals surface area (Å²) in [5.41, 5.74) is 8.61. The van der Waals surface area contributed by atoms with E-state index in [1.54, 1.807) is 0 Å². The third kappa shape index (κ3) is 3.95. The van der Waals surface area contributed by atoms with E-state index in [1.165, 1.54) is 17.8 Å². The number of carbonyl (C=O) groups excluding carboxylic acids is 1. The van der Waals surface area contributed by atoms with Gasteiger partial charge in [0.25, 0.3) is 5.91 Å². The maximum absolute atomic E-state index is 12.1. The third-order valence-electron chi connectivity index (χ3n) is 3.20. The number of aromatic nitrogens is 1. The summed E-state index contributed by atoms with van der Waals surface area (Å²) in [4.78, 5) is 15.9. The Hall–Kier alpha value is -2.07. The van der Waals surface area contributed by atoms with Gasteiger partial charge in [0.15, 0.2) is 0 Å². The molecular formula is C16H18ClN3O. The van der Waals surface area contributed by atoms with Crippen LogP contribution in [0, 0.1) is 0 Å². The predicted molar refractivity (Wildman–Crippen MR) is 85.4 cm³/mol. The van der Waals surface area contributed by atoms with Crippen molar-refractivity contribution < 1.29 is 4.79 Å². The molecule has 5 heteroatoms. The van der Waals surface area contributed by atoms with Crippen LogP contribution in [-0.2, 0) is 6.54 Å². The predicted octanol–water partition coefficient (Wildman–Crippen LogP) is 3.37. The van der Waals surface area contributed by atoms with Crippen LogP contribution < -0.4 is 11.1 Å². The summed E-state index contributed by atoms with van der Waals surface area (Å²) < 4.78 is 0. The number of rotatable bonds is 4. The number of pyridine rings is 1. The van der Waals surface area contributed by atoms with E-state index in [-0.39, 0.29) is 16.6 Å². The lowest BCUT2D eigenvalue weighted by Gasteiger charge is -2.09. The number of hydrogen-bond acceptors (Lipinski definition) is 3. The molecule has 1 amide bonds. The molecule has 110 valence electrons. The van der Waals surface area contributed by atoms with Crippen LogP contribution in [0.2, 0.25) is 5.15 Å². The van der Waals surface area contributed by atoms with Crippen LogP contribution >= 0.6 is 11.6 Å². The fourth-order valence-corrected chi connectivity index (χ4v) is 2.11. The maximum Gasteiger partial charge on any atom is 0.254 e. The highest BCUT2D eigenvalue weighted by atomic mass is 35.5. The van der Waals surface area contributed by atoms with Crippen LogP contribution in [-0.4, -0.2) is 10.9 Å². The van der Waals surface area contributed by atoms with Gasteiger partial charge < -0.3 is 11.1 Å². The molecule has 0 saturated heterocycles. The van der Waals surface area contributed by atoms with E-state index in [0.29, 0.717) is 18.2 Å². The first-order valence-corrected chi connectivity index (χ1v) is 7.13. The molecular weight excluding hydrogens is 286 g/mol. The molecule has 0 bridgehead atoms. The van der Waals surface area contributed by atoms with E-state index in [1.807, 2.05) is 12.1 Å². The fourth-order valence-electron chi connectivity index (χ4n) is 1.92. The summed E-state index contributed by atoms with van der Waals surface area (Å²) in [5.74, 6) is 0.207. The number of halogens is 1. The average molecular weight is 304 g/mol. The minimum absolute atomic E-state index is 0.150. The second-order valence-electron chi connectivity index (χ2n) is 5.19. The molecule has 0 aliphatic carbocycles. The average Bonchev–Trinajstić information content (AvgIpc) is 2.47. The first-order valence-electron chi connectivity index (χ1n) is 6.75. The molecule has 1 heterocycles. The van der Waals surface area contributed by atoms with Crippen LogP contribution in [0.5, 0.6) is 0 Å². The van der Waals surface area contributed by atoms with Crippen LogP contribution in [0.15, 0.2) is 36.5 Å². The summed E-state index contributed by atoms with van der Waals surface area (Å²) in [5, 5.41) is 2.96. The molecule has 0 fully saturated rings. The lowest BCUT2D eigenvalue weighted by molar-refractivity contribution is 0.0950. The van der Waals surface area contributed by atoms with Crippen LogP contribution in [0.4, 0.5) is 5.69 Å². The van der Waals surface area contributed by atoms with Crippen molar-refractivity contribution in [2.75, 3.05) is 5.73 Å². The molecule has 2 rings (SSSR count). The smallest absolute Gasteiger partial charge is 0.254 e. The quantitative estimate of drug-likeness (QED) is 0.851. The van der Waals surface area contributed by atoms with Gasteiger partial charge in [-0.05, 0) is 23.1 Å². The molecule has 0 unspecified atom stereocenters. The maximum atomic E-state index is 12.1. The van der Waals surface area contributed by atoms with Gasteiger partial charge in [-0.3, -0.25) is 4.79 Å². The molecule has 2 aromatic rings. The Labute approximate surface area is 129 Å². The van der Waals surface area contributed by atoms with E-state index in [9.17, 15) is 4.79 Å². The molecule has 4 nitrogen and oxygen atoms in total. The Kier molecular flexibility index (Phi) is 4.81. The lowest BCUT2D eigenvalue weighted by atomic mass is 10.0. The van der Waals surface area contributed by atoms with Crippen molar-refractivity contribution in [3.05, 3.63) is 58.4 Å². The van der Waals surface area contributed by atoms with E-state index in [0.717, 1.165) is 5.56 Å². The number of benzene rings is 1.